The van der Waals surface area contributed by atoms with Crippen molar-refractivity contribution in [3.8, 4) is 0 Å². The SMILES string of the molecule is C[C@H]1CCC(c2ccc3ccncc3c2)CC/C=C2/C=C3CCC(N4CC(C)(O)C4)C[C@]34CC[C@@]21O4. The minimum Gasteiger partial charge on any atom is -0.388 e. The number of rotatable bonds is 2. The van der Waals surface area contributed by atoms with Crippen LogP contribution in [0.4, 0.5) is 0 Å². The zero-order valence-electron chi connectivity index (χ0n) is 21.9. The van der Waals surface area contributed by atoms with Crippen molar-refractivity contribution in [1.29, 1.82) is 0 Å². The van der Waals surface area contributed by atoms with E-state index in [1.54, 1.807) is 5.57 Å². The molecule has 1 aromatic heterocycles. The fraction of sp³-hybridized carbons (Fsp3) is 0.594. The van der Waals surface area contributed by atoms with Crippen molar-refractivity contribution in [3.63, 3.8) is 0 Å². The van der Waals surface area contributed by atoms with Crippen molar-refractivity contribution in [3.05, 3.63) is 65.5 Å². The first-order valence-electron chi connectivity index (χ1n) is 14.3. The van der Waals surface area contributed by atoms with Crippen molar-refractivity contribution in [1.82, 2.24) is 9.88 Å². The third-order valence-electron chi connectivity index (χ3n) is 10.4. The van der Waals surface area contributed by atoms with Gasteiger partial charge in [0.1, 0.15) is 0 Å². The number of aliphatic hydroxyl groups is 1. The number of pyridine rings is 1. The molecule has 5 atom stereocenters. The summed E-state index contributed by atoms with van der Waals surface area (Å²) in [7, 11) is 0. The van der Waals surface area contributed by atoms with Gasteiger partial charge in [0.25, 0.3) is 0 Å². The van der Waals surface area contributed by atoms with Gasteiger partial charge in [-0.05, 0) is 111 Å². The van der Waals surface area contributed by atoms with Crippen molar-refractivity contribution >= 4 is 10.8 Å². The van der Waals surface area contributed by atoms with Gasteiger partial charge >= 0.3 is 0 Å². The number of hydrogen-bond donors (Lipinski definition) is 1. The Labute approximate surface area is 215 Å². The Kier molecular flexibility index (Phi) is 5.30. The fourth-order valence-corrected chi connectivity index (χ4v) is 8.31. The fourth-order valence-electron chi connectivity index (χ4n) is 8.31. The molecule has 2 bridgehead atoms. The number of hydrogen-bond acceptors (Lipinski definition) is 4. The summed E-state index contributed by atoms with van der Waals surface area (Å²) in [5.41, 5.74) is 3.80. The predicted octanol–water partition coefficient (Wildman–Crippen LogP) is 6.30. The minimum absolute atomic E-state index is 0.0746. The third-order valence-corrected chi connectivity index (χ3v) is 10.4. The van der Waals surface area contributed by atoms with Crippen LogP contribution >= 0.6 is 0 Å². The summed E-state index contributed by atoms with van der Waals surface area (Å²) in [6.07, 6.45) is 19.5. The lowest BCUT2D eigenvalue weighted by molar-refractivity contribution is -0.145. The summed E-state index contributed by atoms with van der Waals surface area (Å²) in [6, 6.07) is 9.64. The molecule has 2 aromatic rings. The quantitative estimate of drug-likeness (QED) is 0.543. The Bertz CT molecular complexity index is 1240. The van der Waals surface area contributed by atoms with E-state index in [1.165, 1.54) is 47.6 Å². The molecule has 2 aliphatic carbocycles. The average Bonchev–Trinajstić information content (AvgIpc) is 3.21. The van der Waals surface area contributed by atoms with Gasteiger partial charge in [-0.15, -0.1) is 0 Å². The van der Waals surface area contributed by atoms with E-state index in [2.05, 4.69) is 53.2 Å². The Morgan fingerprint density at radius 2 is 1.94 bits per heavy atom. The zero-order chi connectivity index (χ0) is 24.5. The highest BCUT2D eigenvalue weighted by Gasteiger charge is 2.60. The maximum atomic E-state index is 10.3. The molecule has 4 heterocycles. The Balaban J connectivity index is 1.14. The topological polar surface area (TPSA) is 45.6 Å². The first kappa shape index (κ1) is 23.1. The van der Waals surface area contributed by atoms with Crippen LogP contribution in [0, 0.1) is 5.92 Å². The summed E-state index contributed by atoms with van der Waals surface area (Å²) in [5.74, 6) is 1.09. The molecule has 4 heteroatoms. The van der Waals surface area contributed by atoms with Gasteiger partial charge in [0, 0.05) is 36.9 Å². The highest BCUT2D eigenvalue weighted by molar-refractivity contribution is 5.82. The van der Waals surface area contributed by atoms with Crippen LogP contribution in [0.2, 0.25) is 0 Å². The number of β-amino-alcohol motifs (C(OH)–C–C–N with tert-alkyl or cyclic N) is 1. The Hall–Kier alpha value is -2.01. The molecule has 1 aromatic carbocycles. The number of aromatic nitrogens is 1. The van der Waals surface area contributed by atoms with Crippen molar-refractivity contribution in [2.24, 2.45) is 5.92 Å². The van der Waals surface area contributed by atoms with Crippen LogP contribution in [0.15, 0.2) is 60.0 Å². The number of ether oxygens (including phenoxy) is 1. The summed E-state index contributed by atoms with van der Waals surface area (Å²) >= 11 is 0. The first-order valence-corrected chi connectivity index (χ1v) is 14.3. The predicted molar refractivity (Wildman–Crippen MR) is 144 cm³/mol. The molecule has 36 heavy (non-hydrogen) atoms. The highest BCUT2D eigenvalue weighted by atomic mass is 16.5. The van der Waals surface area contributed by atoms with Crippen LogP contribution in [0.3, 0.4) is 0 Å². The summed E-state index contributed by atoms with van der Waals surface area (Å²) in [6.45, 7) is 6.04. The second-order valence-corrected chi connectivity index (χ2v) is 12.8. The van der Waals surface area contributed by atoms with Crippen LogP contribution in [-0.2, 0) is 4.74 Å². The van der Waals surface area contributed by atoms with Gasteiger partial charge in [0.05, 0.1) is 16.8 Å². The lowest BCUT2D eigenvalue weighted by Gasteiger charge is -2.54. The van der Waals surface area contributed by atoms with Gasteiger partial charge in [-0.3, -0.25) is 9.88 Å². The largest absolute Gasteiger partial charge is 0.388 e. The molecule has 2 saturated heterocycles. The molecule has 0 amide bonds. The summed E-state index contributed by atoms with van der Waals surface area (Å²) in [5, 5.41) is 12.8. The van der Waals surface area contributed by atoms with Crippen molar-refractivity contribution < 1.29 is 9.84 Å². The Morgan fingerprint density at radius 3 is 2.81 bits per heavy atom. The Morgan fingerprint density at radius 1 is 1.06 bits per heavy atom. The number of benzene rings is 1. The number of fused-ring (bicyclic) bond motifs is 1. The van der Waals surface area contributed by atoms with E-state index >= 15 is 0 Å². The molecule has 3 aliphatic heterocycles. The second kappa shape index (κ2) is 8.24. The van der Waals surface area contributed by atoms with Crippen LogP contribution in [0.1, 0.15) is 83.1 Å². The minimum atomic E-state index is -0.502. The molecular formula is C32H40N2O2. The number of likely N-dealkylation sites (tertiary alicyclic amines) is 1. The van der Waals surface area contributed by atoms with Crippen LogP contribution in [-0.4, -0.2) is 50.9 Å². The molecule has 3 fully saturated rings. The molecule has 7 rings (SSSR count). The van der Waals surface area contributed by atoms with Gasteiger partial charge in [-0.25, -0.2) is 0 Å². The molecule has 0 radical (unpaired) electrons. The molecule has 1 N–H and O–H groups in total. The normalized spacial score (nSPS) is 39.5. The highest BCUT2D eigenvalue weighted by Crippen LogP contribution is 2.59. The van der Waals surface area contributed by atoms with Gasteiger partial charge in [-0.2, -0.15) is 0 Å². The second-order valence-electron chi connectivity index (χ2n) is 12.8. The molecule has 1 saturated carbocycles. The summed E-state index contributed by atoms with van der Waals surface area (Å²) < 4.78 is 7.35. The van der Waals surface area contributed by atoms with Crippen LogP contribution in [0.5, 0.6) is 0 Å². The first-order chi connectivity index (χ1) is 17.4. The van der Waals surface area contributed by atoms with E-state index < -0.39 is 5.60 Å². The molecule has 2 unspecified atom stereocenters. The maximum Gasteiger partial charge on any atom is 0.0966 e. The van der Waals surface area contributed by atoms with Gasteiger partial charge in [0.2, 0.25) is 0 Å². The maximum absolute atomic E-state index is 10.3. The summed E-state index contributed by atoms with van der Waals surface area (Å²) in [4.78, 5) is 6.85. The number of allylic oxidation sites excluding steroid dienone is 1. The third kappa shape index (κ3) is 3.63. The lowest BCUT2D eigenvalue weighted by Crippen LogP contribution is -2.65. The van der Waals surface area contributed by atoms with E-state index in [0.717, 1.165) is 45.2 Å². The lowest BCUT2D eigenvalue weighted by atomic mass is 9.73. The van der Waals surface area contributed by atoms with E-state index in [0.29, 0.717) is 17.9 Å². The standard InChI is InChI=1S/C32H40N2O2/c1-22-6-7-23(25-9-8-24-12-15-33-19-26(24)16-25)4-3-5-28-17-27-10-11-29(34-20-30(2,35)21-34)18-31(27)13-14-32(22,28)36-31/h5,8-9,12,15-17,19,22-23,29,35H,3-4,6-7,10-11,13-14,18,20-21H2,1-2H3/b28-5-/t22-,23?,29?,31+,32-/m0/s1. The van der Waals surface area contributed by atoms with Crippen LogP contribution in [0.25, 0.3) is 10.8 Å². The van der Waals surface area contributed by atoms with Gasteiger partial charge in [-0.1, -0.05) is 31.2 Å². The van der Waals surface area contributed by atoms with E-state index in [4.69, 9.17) is 4.74 Å². The van der Waals surface area contributed by atoms with Crippen molar-refractivity contribution in [2.75, 3.05) is 13.1 Å². The zero-order valence-corrected chi connectivity index (χ0v) is 21.9. The van der Waals surface area contributed by atoms with Crippen molar-refractivity contribution in [2.45, 2.75) is 100 Å². The van der Waals surface area contributed by atoms with E-state index in [1.807, 2.05) is 19.3 Å². The number of nitrogens with zero attached hydrogens (tertiary/aromatic N) is 2. The smallest absolute Gasteiger partial charge is 0.0966 e. The van der Waals surface area contributed by atoms with Gasteiger partial charge < -0.3 is 9.84 Å². The average molecular weight is 485 g/mol. The molecule has 4 nitrogen and oxygen atoms in total. The van der Waals surface area contributed by atoms with Crippen LogP contribution < -0.4 is 0 Å². The monoisotopic (exact) mass is 484 g/mol. The van der Waals surface area contributed by atoms with Gasteiger partial charge in [0.15, 0.2) is 0 Å². The molecule has 2 spiro atoms. The molecular weight excluding hydrogens is 444 g/mol. The molecule has 5 aliphatic rings. The molecule has 190 valence electrons. The van der Waals surface area contributed by atoms with E-state index in [-0.39, 0.29) is 11.2 Å². The van der Waals surface area contributed by atoms with E-state index in [9.17, 15) is 5.11 Å².